The van der Waals surface area contributed by atoms with Gasteiger partial charge in [-0.05, 0) is 59.8 Å². The van der Waals surface area contributed by atoms with E-state index in [2.05, 4.69) is 48.4 Å². The smallest absolute Gasteiger partial charge is 0.239 e. The highest BCUT2D eigenvalue weighted by Crippen LogP contribution is 2.18. The Labute approximate surface area is 175 Å². The Morgan fingerprint density at radius 2 is 1.96 bits per heavy atom. The maximum atomic E-state index is 11.5. The van der Waals surface area contributed by atoms with Gasteiger partial charge >= 0.3 is 0 Å². The fourth-order valence-corrected chi connectivity index (χ4v) is 3.23. The van der Waals surface area contributed by atoms with Crippen molar-refractivity contribution in [3.05, 3.63) is 51.4 Å². The molecule has 1 aliphatic heterocycles. The van der Waals surface area contributed by atoms with Gasteiger partial charge in [-0.2, -0.15) is 0 Å². The van der Waals surface area contributed by atoms with Crippen molar-refractivity contribution in [2.75, 3.05) is 24.5 Å². The van der Waals surface area contributed by atoms with Crippen molar-refractivity contribution < 1.29 is 9.53 Å². The predicted octanol–water partition coefficient (Wildman–Crippen LogP) is 1.49. The first-order chi connectivity index (χ1) is 13.6. The molecule has 0 saturated carbocycles. The van der Waals surface area contributed by atoms with Crippen molar-refractivity contribution in [2.45, 2.75) is 13.5 Å². The molecule has 1 N–H and O–H groups in total. The molecular formula is C18H18IN7O2. The number of nitrogens with zero attached hydrogens (tertiary/aromatic N) is 6. The second-order valence-corrected chi connectivity index (χ2v) is 7.55. The average molecular weight is 491 g/mol. The molecule has 10 heteroatoms. The average Bonchev–Trinajstić information content (AvgIpc) is 3.08. The molecule has 0 aliphatic carbocycles. The number of aromatic nitrogens is 5. The van der Waals surface area contributed by atoms with Crippen LogP contribution in [0.1, 0.15) is 11.4 Å². The van der Waals surface area contributed by atoms with Crippen molar-refractivity contribution in [1.29, 1.82) is 0 Å². The number of carbonyl (C=O) groups is 1. The number of carbonyl (C=O) groups excluding carboxylic acids is 1. The molecule has 0 bridgehead atoms. The van der Waals surface area contributed by atoms with Crippen molar-refractivity contribution in [1.82, 2.24) is 30.5 Å². The van der Waals surface area contributed by atoms with E-state index in [-0.39, 0.29) is 19.1 Å². The Hall–Kier alpha value is -2.76. The van der Waals surface area contributed by atoms with E-state index in [1.54, 1.807) is 10.7 Å². The van der Waals surface area contributed by atoms with Crippen LogP contribution in [0.2, 0.25) is 0 Å². The topological polar surface area (TPSA) is 98.1 Å². The summed E-state index contributed by atoms with van der Waals surface area (Å²) in [6, 6.07) is 11.6. The lowest BCUT2D eigenvalue weighted by atomic mass is 10.3. The summed E-state index contributed by atoms with van der Waals surface area (Å²) in [5.41, 5.74) is 2.56. The third-order valence-electron chi connectivity index (χ3n) is 4.37. The molecule has 28 heavy (non-hydrogen) atoms. The van der Waals surface area contributed by atoms with E-state index in [4.69, 9.17) is 4.74 Å². The van der Waals surface area contributed by atoms with Crippen LogP contribution in [0.3, 0.4) is 0 Å². The minimum absolute atomic E-state index is 0.0137. The fourth-order valence-electron chi connectivity index (χ4n) is 2.87. The summed E-state index contributed by atoms with van der Waals surface area (Å²) in [6.07, 6.45) is 0. The molecule has 0 atom stereocenters. The lowest BCUT2D eigenvalue weighted by Crippen LogP contribution is -2.48. The first-order valence-electron chi connectivity index (χ1n) is 8.75. The van der Waals surface area contributed by atoms with Crippen molar-refractivity contribution in [2.24, 2.45) is 0 Å². The second-order valence-electron chi connectivity index (χ2n) is 6.30. The molecule has 9 nitrogen and oxygen atoms in total. The van der Waals surface area contributed by atoms with Crippen LogP contribution < -0.4 is 15.0 Å². The highest BCUT2D eigenvalue weighted by atomic mass is 127. The van der Waals surface area contributed by atoms with Crippen LogP contribution in [0.4, 0.5) is 5.82 Å². The number of piperazine rings is 1. The minimum atomic E-state index is -0.0137. The highest BCUT2D eigenvalue weighted by molar-refractivity contribution is 14.1. The molecule has 1 aliphatic rings. The summed E-state index contributed by atoms with van der Waals surface area (Å²) >= 11 is 2.26. The molecule has 1 saturated heterocycles. The fraction of sp³-hybridized carbons (Fsp3) is 0.278. The number of hydrogen-bond donors (Lipinski definition) is 1. The molecule has 1 amide bonds. The monoisotopic (exact) mass is 491 g/mol. The standard InChI is InChI=1S/C18H18IN7O2/c1-12-15(26(24-21-12)14-4-2-13(19)3-5-14)11-28-18-7-6-16(22-23-18)25-9-8-20-17(27)10-25/h2-7H,8-11H2,1H3,(H,20,27). The lowest BCUT2D eigenvalue weighted by Gasteiger charge is -2.26. The maximum Gasteiger partial charge on any atom is 0.239 e. The summed E-state index contributed by atoms with van der Waals surface area (Å²) < 4.78 is 8.72. The van der Waals surface area contributed by atoms with Crippen LogP contribution in [0.5, 0.6) is 5.88 Å². The molecule has 0 radical (unpaired) electrons. The van der Waals surface area contributed by atoms with E-state index < -0.39 is 0 Å². The van der Waals surface area contributed by atoms with Crippen molar-refractivity contribution >= 4 is 34.3 Å². The SMILES string of the molecule is Cc1nnn(-c2ccc(I)cc2)c1COc1ccc(N2CCNC(=O)C2)nn1. The summed E-state index contributed by atoms with van der Waals surface area (Å²) in [4.78, 5) is 13.4. The Kier molecular flexibility index (Phi) is 5.37. The molecule has 3 aromatic rings. The van der Waals surface area contributed by atoms with Gasteiger partial charge in [-0.15, -0.1) is 15.3 Å². The van der Waals surface area contributed by atoms with Gasteiger partial charge in [0.25, 0.3) is 0 Å². The first-order valence-corrected chi connectivity index (χ1v) is 9.83. The van der Waals surface area contributed by atoms with E-state index in [9.17, 15) is 4.79 Å². The van der Waals surface area contributed by atoms with E-state index in [0.29, 0.717) is 24.8 Å². The van der Waals surface area contributed by atoms with Gasteiger partial charge in [0.1, 0.15) is 12.3 Å². The van der Waals surface area contributed by atoms with Gasteiger partial charge in [0.15, 0.2) is 5.82 Å². The van der Waals surface area contributed by atoms with Crippen molar-refractivity contribution in [3.8, 4) is 11.6 Å². The molecule has 1 fully saturated rings. The number of rotatable bonds is 5. The number of anilines is 1. The van der Waals surface area contributed by atoms with E-state index >= 15 is 0 Å². The second kappa shape index (κ2) is 8.09. The number of hydrogen-bond acceptors (Lipinski definition) is 7. The third-order valence-corrected chi connectivity index (χ3v) is 5.09. The molecule has 2 aromatic heterocycles. The Morgan fingerprint density at radius 1 is 1.14 bits per heavy atom. The van der Waals surface area contributed by atoms with Crippen LogP contribution in [-0.4, -0.2) is 50.7 Å². The maximum absolute atomic E-state index is 11.5. The van der Waals surface area contributed by atoms with Crippen LogP contribution in [0.25, 0.3) is 5.69 Å². The molecule has 4 rings (SSSR count). The van der Waals surface area contributed by atoms with E-state index in [0.717, 1.165) is 20.6 Å². The van der Waals surface area contributed by atoms with E-state index in [1.165, 1.54) is 0 Å². The number of aryl methyl sites for hydroxylation is 1. The normalized spacial score (nSPS) is 14.1. The van der Waals surface area contributed by atoms with Gasteiger partial charge in [-0.1, -0.05) is 5.21 Å². The molecule has 3 heterocycles. The molecule has 1 aromatic carbocycles. The van der Waals surface area contributed by atoms with E-state index in [1.807, 2.05) is 42.2 Å². The van der Waals surface area contributed by atoms with Gasteiger partial charge in [0.2, 0.25) is 11.8 Å². The van der Waals surface area contributed by atoms with Crippen LogP contribution in [-0.2, 0) is 11.4 Å². The number of benzene rings is 1. The molecular weight excluding hydrogens is 473 g/mol. The largest absolute Gasteiger partial charge is 0.470 e. The summed E-state index contributed by atoms with van der Waals surface area (Å²) in [6.45, 7) is 3.76. The van der Waals surface area contributed by atoms with Gasteiger partial charge < -0.3 is 15.0 Å². The zero-order valence-corrected chi connectivity index (χ0v) is 17.3. The quantitative estimate of drug-likeness (QED) is 0.541. The van der Waals surface area contributed by atoms with Crippen LogP contribution in [0.15, 0.2) is 36.4 Å². The lowest BCUT2D eigenvalue weighted by molar-refractivity contribution is -0.120. The minimum Gasteiger partial charge on any atom is -0.470 e. The number of amides is 1. The van der Waals surface area contributed by atoms with Gasteiger partial charge in [0, 0.05) is 22.7 Å². The number of halogens is 1. The van der Waals surface area contributed by atoms with Crippen LogP contribution in [0, 0.1) is 10.5 Å². The summed E-state index contributed by atoms with van der Waals surface area (Å²) in [7, 11) is 0. The highest BCUT2D eigenvalue weighted by Gasteiger charge is 2.18. The Bertz CT molecular complexity index is 973. The Balaban J connectivity index is 1.45. The molecule has 0 spiro atoms. The van der Waals surface area contributed by atoms with Crippen LogP contribution >= 0.6 is 22.6 Å². The van der Waals surface area contributed by atoms with Gasteiger partial charge in [-0.3, -0.25) is 4.79 Å². The number of ether oxygens (including phenoxy) is 1. The summed E-state index contributed by atoms with van der Waals surface area (Å²) in [5, 5.41) is 19.5. The summed E-state index contributed by atoms with van der Waals surface area (Å²) in [5.74, 6) is 1.05. The molecule has 144 valence electrons. The third kappa shape index (κ3) is 4.06. The van der Waals surface area contributed by atoms with Crippen molar-refractivity contribution in [3.63, 3.8) is 0 Å². The zero-order chi connectivity index (χ0) is 19.5. The number of nitrogens with one attached hydrogen (secondary N) is 1. The first kappa shape index (κ1) is 18.6. The predicted molar refractivity (Wildman–Crippen MR) is 110 cm³/mol. The van der Waals surface area contributed by atoms with Gasteiger partial charge in [0.05, 0.1) is 17.9 Å². The van der Waals surface area contributed by atoms with Gasteiger partial charge in [-0.25, -0.2) is 4.68 Å². The Morgan fingerprint density at radius 3 is 2.68 bits per heavy atom. The molecule has 0 unspecified atom stereocenters. The zero-order valence-electron chi connectivity index (χ0n) is 15.2.